The van der Waals surface area contributed by atoms with Crippen LogP contribution in [0.3, 0.4) is 0 Å². The van der Waals surface area contributed by atoms with E-state index in [-0.39, 0.29) is 15.4 Å². The van der Waals surface area contributed by atoms with Crippen LogP contribution in [-0.4, -0.2) is 30.0 Å². The maximum atomic E-state index is 12.6. The number of nitrogens with one attached hydrogen (secondary N) is 1. The smallest absolute Gasteiger partial charge is 0.397 e. The molecule has 0 aliphatic carbocycles. The molecule has 0 saturated carbocycles. The Hall–Kier alpha value is -1.87. The van der Waals surface area contributed by atoms with Crippen molar-refractivity contribution < 1.29 is 18.0 Å². The molecule has 0 bridgehead atoms. The highest BCUT2D eigenvalue weighted by molar-refractivity contribution is 7.21. The van der Waals surface area contributed by atoms with Gasteiger partial charge >= 0.3 is 6.18 Å². The molecular formula is C11H11F3N4OS. The van der Waals surface area contributed by atoms with Gasteiger partial charge in [-0.25, -0.2) is 9.99 Å². The Morgan fingerprint density at radius 1 is 1.40 bits per heavy atom. The van der Waals surface area contributed by atoms with Crippen molar-refractivity contribution >= 4 is 33.1 Å². The van der Waals surface area contributed by atoms with Crippen molar-refractivity contribution in [1.82, 2.24) is 15.4 Å². The molecule has 9 heteroatoms. The average molecular weight is 304 g/mol. The Bertz CT molecular complexity index is 665. The van der Waals surface area contributed by atoms with Crippen LogP contribution >= 0.6 is 11.3 Å². The van der Waals surface area contributed by atoms with Gasteiger partial charge in [-0.3, -0.25) is 10.2 Å². The van der Waals surface area contributed by atoms with Crippen LogP contribution in [0.2, 0.25) is 0 Å². The highest BCUT2D eigenvalue weighted by Gasteiger charge is 2.33. The van der Waals surface area contributed by atoms with Crippen molar-refractivity contribution in [2.75, 3.05) is 19.8 Å². The third kappa shape index (κ3) is 2.68. The Morgan fingerprint density at radius 2 is 2.05 bits per heavy atom. The van der Waals surface area contributed by atoms with E-state index in [0.717, 1.165) is 17.4 Å². The lowest BCUT2D eigenvalue weighted by Crippen LogP contribution is -2.35. The number of hydrazine groups is 1. The summed E-state index contributed by atoms with van der Waals surface area (Å²) in [5.41, 5.74) is 7.39. The van der Waals surface area contributed by atoms with Gasteiger partial charge in [-0.1, -0.05) is 0 Å². The monoisotopic (exact) mass is 304 g/mol. The van der Waals surface area contributed by atoms with Gasteiger partial charge in [-0.2, -0.15) is 13.2 Å². The van der Waals surface area contributed by atoms with Gasteiger partial charge in [-0.15, -0.1) is 11.3 Å². The van der Waals surface area contributed by atoms with E-state index in [0.29, 0.717) is 5.39 Å². The molecule has 20 heavy (non-hydrogen) atoms. The number of pyridine rings is 1. The maximum Gasteiger partial charge on any atom is 0.433 e. The summed E-state index contributed by atoms with van der Waals surface area (Å²) >= 11 is 0.829. The summed E-state index contributed by atoms with van der Waals surface area (Å²) in [6, 6.07) is 2.07. The summed E-state index contributed by atoms with van der Waals surface area (Å²) in [7, 11) is 3.23. The number of carbonyl (C=O) groups excluding carboxylic acids is 1. The summed E-state index contributed by atoms with van der Waals surface area (Å²) in [4.78, 5) is 15.6. The second-order valence-electron chi connectivity index (χ2n) is 4.23. The minimum absolute atomic E-state index is 0.0845. The molecule has 0 aromatic carbocycles. The lowest BCUT2D eigenvalue weighted by Gasteiger charge is -2.10. The van der Waals surface area contributed by atoms with Crippen molar-refractivity contribution in [3.63, 3.8) is 0 Å². The Balaban J connectivity index is 2.50. The van der Waals surface area contributed by atoms with Gasteiger partial charge in [0, 0.05) is 19.5 Å². The molecule has 0 saturated heterocycles. The van der Waals surface area contributed by atoms with E-state index in [1.165, 1.54) is 11.1 Å². The van der Waals surface area contributed by atoms with Crippen LogP contribution in [0.1, 0.15) is 15.4 Å². The van der Waals surface area contributed by atoms with Gasteiger partial charge in [0.15, 0.2) is 0 Å². The first-order valence-electron chi connectivity index (χ1n) is 5.44. The molecule has 0 spiro atoms. The number of anilines is 1. The molecule has 0 aliphatic rings. The second-order valence-corrected chi connectivity index (χ2v) is 5.23. The van der Waals surface area contributed by atoms with Crippen LogP contribution in [0.15, 0.2) is 12.1 Å². The summed E-state index contributed by atoms with van der Waals surface area (Å²) in [6.07, 6.45) is -4.53. The molecule has 0 unspecified atom stereocenters. The molecule has 1 amide bonds. The number of hydrogen-bond donors (Lipinski definition) is 2. The van der Waals surface area contributed by atoms with E-state index in [1.54, 1.807) is 14.1 Å². The van der Waals surface area contributed by atoms with Crippen LogP contribution < -0.4 is 11.2 Å². The fraction of sp³-hybridized carbons (Fsp3) is 0.273. The fourth-order valence-corrected chi connectivity index (χ4v) is 2.56. The maximum absolute atomic E-state index is 12.6. The largest absolute Gasteiger partial charge is 0.433 e. The number of hydrogen-bond acceptors (Lipinski definition) is 5. The van der Waals surface area contributed by atoms with Gasteiger partial charge in [0.2, 0.25) is 0 Å². The quantitative estimate of drug-likeness (QED) is 0.834. The SMILES string of the molecule is CN(C)NC(=O)c1sc2nc(C(F)(F)F)ccc2c1N. The van der Waals surface area contributed by atoms with Gasteiger partial charge in [0.1, 0.15) is 15.4 Å². The van der Waals surface area contributed by atoms with Crippen LogP contribution in [0.5, 0.6) is 0 Å². The number of nitrogens with zero attached hydrogens (tertiary/aromatic N) is 2. The Morgan fingerprint density at radius 3 is 2.60 bits per heavy atom. The van der Waals surface area contributed by atoms with Crippen LogP contribution in [0.4, 0.5) is 18.9 Å². The number of halogens is 3. The van der Waals surface area contributed by atoms with E-state index in [2.05, 4.69) is 10.4 Å². The number of carbonyl (C=O) groups is 1. The number of nitrogen functional groups attached to an aromatic ring is 1. The second kappa shape index (κ2) is 4.91. The van der Waals surface area contributed by atoms with E-state index < -0.39 is 17.8 Å². The van der Waals surface area contributed by atoms with Crippen LogP contribution in [-0.2, 0) is 6.18 Å². The first-order valence-corrected chi connectivity index (χ1v) is 6.26. The molecular weight excluding hydrogens is 293 g/mol. The highest BCUT2D eigenvalue weighted by Crippen LogP contribution is 2.35. The molecule has 3 N–H and O–H groups in total. The number of alkyl halides is 3. The number of fused-ring (bicyclic) bond motifs is 1. The summed E-state index contributed by atoms with van der Waals surface area (Å²) in [5.74, 6) is -0.482. The molecule has 0 aliphatic heterocycles. The number of amides is 1. The predicted molar refractivity (Wildman–Crippen MR) is 70.2 cm³/mol. The van der Waals surface area contributed by atoms with Crippen molar-refractivity contribution in [2.24, 2.45) is 0 Å². The van der Waals surface area contributed by atoms with Crippen molar-refractivity contribution in [3.8, 4) is 0 Å². The molecule has 0 atom stereocenters. The topological polar surface area (TPSA) is 71.2 Å². The molecule has 0 fully saturated rings. The first kappa shape index (κ1) is 14.5. The van der Waals surface area contributed by atoms with Crippen molar-refractivity contribution in [2.45, 2.75) is 6.18 Å². The van der Waals surface area contributed by atoms with Gasteiger partial charge < -0.3 is 5.73 Å². The Kier molecular flexibility index (Phi) is 3.57. The lowest BCUT2D eigenvalue weighted by molar-refractivity contribution is -0.140. The molecule has 2 rings (SSSR count). The third-order valence-corrected chi connectivity index (χ3v) is 3.53. The zero-order valence-corrected chi connectivity index (χ0v) is 11.4. The van der Waals surface area contributed by atoms with E-state index >= 15 is 0 Å². The Labute approximate surface area is 116 Å². The van der Waals surface area contributed by atoms with Gasteiger partial charge in [0.05, 0.1) is 5.69 Å². The first-order chi connectivity index (χ1) is 9.20. The molecule has 2 aromatic heterocycles. The fourth-order valence-electron chi connectivity index (χ4n) is 1.58. The molecule has 0 radical (unpaired) electrons. The van der Waals surface area contributed by atoms with Crippen molar-refractivity contribution in [1.29, 1.82) is 0 Å². The molecule has 2 aromatic rings. The van der Waals surface area contributed by atoms with Crippen LogP contribution in [0, 0.1) is 0 Å². The van der Waals surface area contributed by atoms with Gasteiger partial charge in [0.25, 0.3) is 5.91 Å². The van der Waals surface area contributed by atoms with Gasteiger partial charge in [-0.05, 0) is 12.1 Å². The molecule has 5 nitrogen and oxygen atoms in total. The lowest BCUT2D eigenvalue weighted by atomic mass is 10.2. The number of aromatic nitrogens is 1. The number of rotatable bonds is 2. The predicted octanol–water partition coefficient (Wildman–Crippen LogP) is 2.10. The summed E-state index contributed by atoms with van der Waals surface area (Å²) < 4.78 is 37.7. The number of thiophene rings is 1. The minimum atomic E-state index is -4.53. The van der Waals surface area contributed by atoms with E-state index in [4.69, 9.17) is 5.73 Å². The van der Waals surface area contributed by atoms with Crippen LogP contribution in [0.25, 0.3) is 10.2 Å². The summed E-state index contributed by atoms with van der Waals surface area (Å²) in [6.45, 7) is 0. The zero-order chi connectivity index (χ0) is 15.1. The van der Waals surface area contributed by atoms with Crippen molar-refractivity contribution in [3.05, 3.63) is 22.7 Å². The number of nitrogens with two attached hydrogens (primary N) is 1. The summed E-state index contributed by atoms with van der Waals surface area (Å²) in [5, 5.41) is 1.76. The average Bonchev–Trinajstić information content (AvgIpc) is 2.64. The molecule has 2 heterocycles. The zero-order valence-electron chi connectivity index (χ0n) is 10.6. The molecule has 108 valence electrons. The highest BCUT2D eigenvalue weighted by atomic mass is 32.1. The van der Waals surface area contributed by atoms with E-state index in [1.807, 2.05) is 0 Å². The minimum Gasteiger partial charge on any atom is -0.397 e. The standard InChI is InChI=1S/C11H11F3N4OS/c1-18(2)17-9(19)8-7(15)5-3-4-6(11(12,13)14)16-10(5)20-8/h3-4H,15H2,1-2H3,(H,17,19). The van der Waals surface area contributed by atoms with E-state index in [9.17, 15) is 18.0 Å². The third-order valence-electron chi connectivity index (χ3n) is 2.42. The normalized spacial score (nSPS) is 12.1.